The van der Waals surface area contributed by atoms with Crippen LogP contribution in [0.1, 0.15) is 28.9 Å². The third kappa shape index (κ3) is 3.54. The molecule has 5 heteroatoms. The van der Waals surface area contributed by atoms with Crippen LogP contribution < -0.4 is 11.1 Å². The number of pyridine rings is 1. The van der Waals surface area contributed by atoms with E-state index in [-0.39, 0.29) is 6.04 Å². The number of hydrogen-bond donors (Lipinski definition) is 2. The van der Waals surface area contributed by atoms with Crippen LogP contribution in [0.25, 0.3) is 0 Å². The van der Waals surface area contributed by atoms with Crippen molar-refractivity contribution in [2.45, 2.75) is 13.0 Å². The summed E-state index contributed by atoms with van der Waals surface area (Å²) in [5, 5.41) is 3.27. The minimum atomic E-state index is -0.472. The normalized spacial score (nSPS) is 11.9. The molecule has 98 valence electrons. The highest BCUT2D eigenvalue weighted by Gasteiger charge is 2.06. The topological polar surface area (TPSA) is 68.0 Å². The number of hydrogen-bond acceptors (Lipinski definition) is 3. The van der Waals surface area contributed by atoms with E-state index in [9.17, 15) is 4.79 Å². The molecule has 1 atom stereocenters. The van der Waals surface area contributed by atoms with Gasteiger partial charge in [-0.3, -0.25) is 4.79 Å². The molecule has 0 aliphatic carbocycles. The number of nitrogens with two attached hydrogens (primary N) is 1. The van der Waals surface area contributed by atoms with Crippen molar-refractivity contribution in [3.05, 3.63) is 58.2 Å². The van der Waals surface area contributed by atoms with Gasteiger partial charge < -0.3 is 11.1 Å². The van der Waals surface area contributed by atoms with Gasteiger partial charge in [-0.25, -0.2) is 4.98 Å². The molecule has 0 aliphatic heterocycles. The zero-order valence-corrected chi connectivity index (χ0v) is 12.0. The number of nitrogens with zero attached hydrogens (tertiary/aromatic N) is 1. The van der Waals surface area contributed by atoms with Crippen molar-refractivity contribution in [2.24, 2.45) is 5.73 Å². The number of rotatable bonds is 4. The van der Waals surface area contributed by atoms with Crippen LogP contribution in [0.2, 0.25) is 0 Å². The second-order valence-corrected chi connectivity index (χ2v) is 5.13. The van der Waals surface area contributed by atoms with E-state index in [1.807, 2.05) is 31.2 Å². The standard InChI is InChI=1S/C14H14BrN3O/c1-9(10-2-5-12(15)6-3-10)18-13-7-4-11(8-17-13)14(16)19/h2-9H,1H3,(H2,16,19)(H,17,18). The summed E-state index contributed by atoms with van der Waals surface area (Å²) in [7, 11) is 0. The Hall–Kier alpha value is -1.88. The summed E-state index contributed by atoms with van der Waals surface area (Å²) in [5.41, 5.74) is 6.73. The Morgan fingerprint density at radius 2 is 1.95 bits per heavy atom. The van der Waals surface area contributed by atoms with E-state index in [1.165, 1.54) is 6.20 Å². The average molecular weight is 320 g/mol. The molecule has 1 aromatic heterocycles. The van der Waals surface area contributed by atoms with E-state index in [0.29, 0.717) is 11.4 Å². The number of nitrogens with one attached hydrogen (secondary N) is 1. The molecule has 2 rings (SSSR count). The second kappa shape index (κ2) is 5.84. The zero-order chi connectivity index (χ0) is 13.8. The maximum atomic E-state index is 10.9. The van der Waals surface area contributed by atoms with Gasteiger partial charge in [0.2, 0.25) is 5.91 Å². The Labute approximate surface area is 120 Å². The first-order valence-corrected chi connectivity index (χ1v) is 6.63. The van der Waals surface area contributed by atoms with Crippen molar-refractivity contribution >= 4 is 27.7 Å². The van der Waals surface area contributed by atoms with Crippen LogP contribution in [0, 0.1) is 0 Å². The van der Waals surface area contributed by atoms with Gasteiger partial charge in [0.15, 0.2) is 0 Å². The molecule has 1 aromatic carbocycles. The molecule has 0 spiro atoms. The van der Waals surface area contributed by atoms with Crippen LogP contribution in [0.5, 0.6) is 0 Å². The van der Waals surface area contributed by atoms with Gasteiger partial charge in [0.05, 0.1) is 5.56 Å². The molecule has 3 N–H and O–H groups in total. The lowest BCUT2D eigenvalue weighted by Gasteiger charge is -2.15. The lowest BCUT2D eigenvalue weighted by molar-refractivity contribution is 0.1000. The Morgan fingerprint density at radius 1 is 1.26 bits per heavy atom. The second-order valence-electron chi connectivity index (χ2n) is 4.21. The summed E-state index contributed by atoms with van der Waals surface area (Å²) in [5.74, 6) is 0.237. The highest BCUT2D eigenvalue weighted by Crippen LogP contribution is 2.20. The zero-order valence-electron chi connectivity index (χ0n) is 10.4. The molecular formula is C14H14BrN3O. The molecule has 0 saturated carbocycles. The van der Waals surface area contributed by atoms with Gasteiger partial charge in [0, 0.05) is 16.7 Å². The first-order chi connectivity index (χ1) is 9.06. The van der Waals surface area contributed by atoms with Gasteiger partial charge in [0.1, 0.15) is 5.82 Å². The number of carbonyl (C=O) groups excluding carboxylic acids is 1. The predicted octanol–water partition coefficient (Wildman–Crippen LogP) is 3.12. The molecular weight excluding hydrogens is 306 g/mol. The monoisotopic (exact) mass is 319 g/mol. The fraction of sp³-hybridized carbons (Fsp3) is 0.143. The van der Waals surface area contributed by atoms with Crippen molar-refractivity contribution in [1.82, 2.24) is 4.98 Å². The maximum Gasteiger partial charge on any atom is 0.250 e. The highest BCUT2D eigenvalue weighted by molar-refractivity contribution is 9.10. The van der Waals surface area contributed by atoms with E-state index < -0.39 is 5.91 Å². The number of primary amides is 1. The molecule has 0 saturated heterocycles. The predicted molar refractivity (Wildman–Crippen MR) is 78.9 cm³/mol. The third-order valence-corrected chi connectivity index (χ3v) is 3.31. The molecule has 0 bridgehead atoms. The fourth-order valence-electron chi connectivity index (χ4n) is 1.68. The molecule has 2 aromatic rings. The van der Waals surface area contributed by atoms with Gasteiger partial charge in [-0.1, -0.05) is 28.1 Å². The van der Waals surface area contributed by atoms with Crippen LogP contribution in [-0.4, -0.2) is 10.9 Å². The number of amides is 1. The van der Waals surface area contributed by atoms with Crippen molar-refractivity contribution in [3.63, 3.8) is 0 Å². The highest BCUT2D eigenvalue weighted by atomic mass is 79.9. The van der Waals surface area contributed by atoms with Crippen LogP contribution in [-0.2, 0) is 0 Å². The quantitative estimate of drug-likeness (QED) is 0.909. The van der Waals surface area contributed by atoms with Crippen LogP contribution >= 0.6 is 15.9 Å². The number of halogens is 1. The van der Waals surface area contributed by atoms with Crippen molar-refractivity contribution < 1.29 is 4.79 Å². The molecule has 0 fully saturated rings. The van der Waals surface area contributed by atoms with Crippen molar-refractivity contribution in [1.29, 1.82) is 0 Å². The lowest BCUT2D eigenvalue weighted by atomic mass is 10.1. The Morgan fingerprint density at radius 3 is 2.47 bits per heavy atom. The number of aromatic nitrogens is 1. The van der Waals surface area contributed by atoms with E-state index in [4.69, 9.17) is 5.73 Å². The van der Waals surface area contributed by atoms with Gasteiger partial charge in [-0.05, 0) is 36.8 Å². The van der Waals surface area contributed by atoms with Gasteiger partial charge in [0.25, 0.3) is 0 Å². The fourth-order valence-corrected chi connectivity index (χ4v) is 1.95. The molecule has 1 heterocycles. The smallest absolute Gasteiger partial charge is 0.250 e. The SMILES string of the molecule is CC(Nc1ccc(C(N)=O)cn1)c1ccc(Br)cc1. The van der Waals surface area contributed by atoms with Crippen LogP contribution in [0.15, 0.2) is 47.1 Å². The number of anilines is 1. The van der Waals surface area contributed by atoms with Gasteiger partial charge >= 0.3 is 0 Å². The minimum Gasteiger partial charge on any atom is -0.366 e. The minimum absolute atomic E-state index is 0.125. The van der Waals surface area contributed by atoms with Crippen molar-refractivity contribution in [2.75, 3.05) is 5.32 Å². The van der Waals surface area contributed by atoms with E-state index in [0.717, 1.165) is 10.0 Å². The summed E-state index contributed by atoms with van der Waals surface area (Å²) in [6.45, 7) is 2.05. The largest absolute Gasteiger partial charge is 0.366 e. The van der Waals surface area contributed by atoms with Crippen molar-refractivity contribution in [3.8, 4) is 0 Å². The van der Waals surface area contributed by atoms with Crippen LogP contribution in [0.3, 0.4) is 0 Å². The molecule has 19 heavy (non-hydrogen) atoms. The Kier molecular flexibility index (Phi) is 4.16. The summed E-state index contributed by atoms with van der Waals surface area (Å²) in [6.07, 6.45) is 1.47. The lowest BCUT2D eigenvalue weighted by Crippen LogP contribution is -2.12. The van der Waals surface area contributed by atoms with E-state index in [2.05, 4.69) is 26.2 Å². The maximum absolute atomic E-state index is 10.9. The number of benzene rings is 1. The summed E-state index contributed by atoms with van der Waals surface area (Å²) in [4.78, 5) is 15.1. The average Bonchev–Trinajstić information content (AvgIpc) is 2.40. The Bertz CT molecular complexity index is 566. The summed E-state index contributed by atoms with van der Waals surface area (Å²) in [6, 6.07) is 11.6. The molecule has 0 aliphatic rings. The van der Waals surface area contributed by atoms with Gasteiger partial charge in [-0.2, -0.15) is 0 Å². The van der Waals surface area contributed by atoms with Gasteiger partial charge in [-0.15, -0.1) is 0 Å². The van der Waals surface area contributed by atoms with E-state index >= 15 is 0 Å². The third-order valence-electron chi connectivity index (χ3n) is 2.78. The number of carbonyl (C=O) groups is 1. The molecule has 4 nitrogen and oxygen atoms in total. The molecule has 1 unspecified atom stereocenters. The molecule has 1 amide bonds. The summed E-state index contributed by atoms with van der Waals surface area (Å²) >= 11 is 3.41. The van der Waals surface area contributed by atoms with Crippen LogP contribution in [0.4, 0.5) is 5.82 Å². The van der Waals surface area contributed by atoms with E-state index in [1.54, 1.807) is 12.1 Å². The Balaban J connectivity index is 2.08. The first-order valence-electron chi connectivity index (χ1n) is 5.84. The first kappa shape index (κ1) is 13.5. The summed E-state index contributed by atoms with van der Waals surface area (Å²) < 4.78 is 1.05. The molecule has 0 radical (unpaired) electrons.